The van der Waals surface area contributed by atoms with Crippen molar-refractivity contribution < 1.29 is 0 Å². The maximum atomic E-state index is 3.94. The molecule has 2 aliphatic heterocycles. The average molecular weight is 281 g/mol. The number of likely N-dealkylation sites (tertiary alicyclic amines) is 2. The zero-order valence-electron chi connectivity index (χ0n) is 13.9. The first-order chi connectivity index (χ1) is 9.72. The summed E-state index contributed by atoms with van der Waals surface area (Å²) in [7, 11) is 0. The standard InChI is InChI=1S/C17H35N3/c1-4-10-20-11-6-7-16(14-20)15(3)18-17-8-12-19(5-2)13-9-17/h15-18H,4-14H2,1-3H3. The van der Waals surface area contributed by atoms with Gasteiger partial charge in [-0.3, -0.25) is 0 Å². The van der Waals surface area contributed by atoms with E-state index in [0.717, 1.165) is 12.0 Å². The van der Waals surface area contributed by atoms with E-state index in [9.17, 15) is 0 Å². The lowest BCUT2D eigenvalue weighted by Crippen LogP contribution is -2.50. The zero-order chi connectivity index (χ0) is 14.4. The molecule has 1 N–H and O–H groups in total. The molecule has 2 aliphatic rings. The third kappa shape index (κ3) is 4.71. The molecule has 20 heavy (non-hydrogen) atoms. The maximum absolute atomic E-state index is 3.94. The van der Waals surface area contributed by atoms with E-state index < -0.39 is 0 Å². The lowest BCUT2D eigenvalue weighted by molar-refractivity contribution is 0.135. The number of nitrogens with one attached hydrogen (secondary N) is 1. The van der Waals surface area contributed by atoms with Crippen LogP contribution in [0.15, 0.2) is 0 Å². The Morgan fingerprint density at radius 1 is 1.05 bits per heavy atom. The van der Waals surface area contributed by atoms with Gasteiger partial charge in [-0.2, -0.15) is 0 Å². The molecule has 0 spiro atoms. The average Bonchev–Trinajstić information content (AvgIpc) is 2.48. The van der Waals surface area contributed by atoms with Crippen LogP contribution in [0.25, 0.3) is 0 Å². The molecule has 2 rings (SSSR count). The normalized spacial score (nSPS) is 28.6. The molecule has 0 aliphatic carbocycles. The van der Waals surface area contributed by atoms with Crippen molar-refractivity contribution in [2.45, 2.75) is 65.0 Å². The van der Waals surface area contributed by atoms with Crippen molar-refractivity contribution in [3.8, 4) is 0 Å². The summed E-state index contributed by atoms with van der Waals surface area (Å²) in [4.78, 5) is 5.25. The van der Waals surface area contributed by atoms with Gasteiger partial charge in [-0.05, 0) is 77.7 Å². The molecule has 0 aromatic heterocycles. The first-order valence-corrected chi connectivity index (χ1v) is 8.93. The van der Waals surface area contributed by atoms with Gasteiger partial charge in [0.05, 0.1) is 0 Å². The summed E-state index contributed by atoms with van der Waals surface area (Å²) >= 11 is 0. The van der Waals surface area contributed by atoms with Gasteiger partial charge < -0.3 is 15.1 Å². The molecule has 0 aromatic carbocycles. The fourth-order valence-electron chi connectivity index (χ4n) is 3.94. The van der Waals surface area contributed by atoms with E-state index in [1.165, 1.54) is 71.4 Å². The molecule has 3 nitrogen and oxygen atoms in total. The molecule has 2 unspecified atom stereocenters. The fourth-order valence-corrected chi connectivity index (χ4v) is 3.94. The summed E-state index contributed by atoms with van der Waals surface area (Å²) < 4.78 is 0. The Balaban J connectivity index is 1.72. The predicted molar refractivity (Wildman–Crippen MR) is 87.2 cm³/mol. The summed E-state index contributed by atoms with van der Waals surface area (Å²) in [6.45, 7) is 14.7. The van der Waals surface area contributed by atoms with E-state index in [2.05, 4.69) is 35.9 Å². The van der Waals surface area contributed by atoms with Crippen LogP contribution in [0.5, 0.6) is 0 Å². The summed E-state index contributed by atoms with van der Waals surface area (Å²) in [5.41, 5.74) is 0. The van der Waals surface area contributed by atoms with E-state index in [4.69, 9.17) is 0 Å². The van der Waals surface area contributed by atoms with Gasteiger partial charge in [0.1, 0.15) is 0 Å². The summed E-state index contributed by atoms with van der Waals surface area (Å²) in [5.74, 6) is 0.861. The predicted octanol–water partition coefficient (Wildman–Crippen LogP) is 2.57. The molecule has 3 heteroatoms. The number of hydrogen-bond donors (Lipinski definition) is 1. The highest BCUT2D eigenvalue weighted by atomic mass is 15.2. The number of piperidine rings is 2. The molecule has 0 saturated carbocycles. The lowest BCUT2D eigenvalue weighted by atomic mass is 9.90. The molecule has 0 aromatic rings. The Labute approximate surface area is 126 Å². The minimum Gasteiger partial charge on any atom is -0.311 e. The van der Waals surface area contributed by atoms with Gasteiger partial charge in [0.25, 0.3) is 0 Å². The van der Waals surface area contributed by atoms with Crippen LogP contribution in [0.3, 0.4) is 0 Å². The van der Waals surface area contributed by atoms with Crippen LogP contribution < -0.4 is 5.32 Å². The SMILES string of the molecule is CCCN1CCCC(C(C)NC2CCN(CC)CC2)C1. The zero-order valence-corrected chi connectivity index (χ0v) is 13.9. The van der Waals surface area contributed by atoms with Crippen molar-refractivity contribution >= 4 is 0 Å². The second kappa shape index (κ2) is 8.35. The van der Waals surface area contributed by atoms with E-state index in [1.54, 1.807) is 0 Å². The quantitative estimate of drug-likeness (QED) is 0.807. The van der Waals surface area contributed by atoms with Gasteiger partial charge in [0, 0.05) is 18.6 Å². The smallest absolute Gasteiger partial charge is 0.00940 e. The first kappa shape index (κ1) is 16.3. The molecule has 0 radical (unpaired) electrons. The van der Waals surface area contributed by atoms with Crippen molar-refractivity contribution in [3.05, 3.63) is 0 Å². The number of nitrogens with zero attached hydrogens (tertiary/aromatic N) is 2. The molecule has 2 heterocycles. The number of hydrogen-bond acceptors (Lipinski definition) is 3. The first-order valence-electron chi connectivity index (χ1n) is 8.93. The monoisotopic (exact) mass is 281 g/mol. The second-order valence-electron chi connectivity index (χ2n) is 6.87. The van der Waals surface area contributed by atoms with Crippen LogP contribution in [0.1, 0.15) is 52.9 Å². The Kier molecular flexibility index (Phi) is 6.79. The highest BCUT2D eigenvalue weighted by Crippen LogP contribution is 2.21. The minimum atomic E-state index is 0.688. The summed E-state index contributed by atoms with van der Waals surface area (Å²) in [6, 6.07) is 1.45. The van der Waals surface area contributed by atoms with Crippen LogP contribution in [0, 0.1) is 5.92 Å². The molecule has 0 amide bonds. The third-order valence-corrected chi connectivity index (χ3v) is 5.32. The van der Waals surface area contributed by atoms with Crippen molar-refractivity contribution in [2.75, 3.05) is 39.3 Å². The largest absolute Gasteiger partial charge is 0.311 e. The van der Waals surface area contributed by atoms with E-state index in [1.807, 2.05) is 0 Å². The van der Waals surface area contributed by atoms with Crippen molar-refractivity contribution in [1.29, 1.82) is 0 Å². The summed E-state index contributed by atoms with van der Waals surface area (Å²) in [5, 5.41) is 3.94. The Morgan fingerprint density at radius 2 is 1.80 bits per heavy atom. The molecule has 2 saturated heterocycles. The second-order valence-corrected chi connectivity index (χ2v) is 6.87. The van der Waals surface area contributed by atoms with Crippen LogP contribution in [0.4, 0.5) is 0 Å². The number of rotatable bonds is 6. The van der Waals surface area contributed by atoms with E-state index in [-0.39, 0.29) is 0 Å². The highest BCUT2D eigenvalue weighted by Gasteiger charge is 2.27. The maximum Gasteiger partial charge on any atom is 0.00940 e. The van der Waals surface area contributed by atoms with Gasteiger partial charge >= 0.3 is 0 Å². The van der Waals surface area contributed by atoms with Crippen LogP contribution in [0.2, 0.25) is 0 Å². The van der Waals surface area contributed by atoms with Gasteiger partial charge in [-0.1, -0.05) is 13.8 Å². The Bertz CT molecular complexity index is 259. The van der Waals surface area contributed by atoms with Crippen LogP contribution >= 0.6 is 0 Å². The van der Waals surface area contributed by atoms with Gasteiger partial charge in [0.15, 0.2) is 0 Å². The third-order valence-electron chi connectivity index (χ3n) is 5.32. The molecular formula is C17H35N3. The molecular weight excluding hydrogens is 246 g/mol. The molecule has 0 bridgehead atoms. The van der Waals surface area contributed by atoms with Gasteiger partial charge in [-0.15, -0.1) is 0 Å². The summed E-state index contributed by atoms with van der Waals surface area (Å²) in [6.07, 6.45) is 6.78. The van der Waals surface area contributed by atoms with Gasteiger partial charge in [0.2, 0.25) is 0 Å². The minimum absolute atomic E-state index is 0.688. The Hall–Kier alpha value is -0.120. The van der Waals surface area contributed by atoms with E-state index >= 15 is 0 Å². The lowest BCUT2D eigenvalue weighted by Gasteiger charge is -2.39. The topological polar surface area (TPSA) is 18.5 Å². The van der Waals surface area contributed by atoms with Crippen molar-refractivity contribution in [1.82, 2.24) is 15.1 Å². The molecule has 2 atom stereocenters. The van der Waals surface area contributed by atoms with Gasteiger partial charge in [-0.25, -0.2) is 0 Å². The van der Waals surface area contributed by atoms with Crippen LogP contribution in [-0.2, 0) is 0 Å². The van der Waals surface area contributed by atoms with Crippen molar-refractivity contribution in [3.63, 3.8) is 0 Å². The Morgan fingerprint density at radius 3 is 2.45 bits per heavy atom. The molecule has 2 fully saturated rings. The van der Waals surface area contributed by atoms with Crippen LogP contribution in [-0.4, -0.2) is 61.2 Å². The molecule has 118 valence electrons. The van der Waals surface area contributed by atoms with Crippen molar-refractivity contribution in [2.24, 2.45) is 5.92 Å². The van der Waals surface area contributed by atoms with E-state index in [0.29, 0.717) is 6.04 Å². The fraction of sp³-hybridized carbons (Fsp3) is 1.00. The highest BCUT2D eigenvalue weighted by molar-refractivity contribution is 4.85.